The quantitative estimate of drug-likeness (QED) is 0.737. The predicted octanol–water partition coefficient (Wildman–Crippen LogP) is 2.24. The molecule has 2 nitrogen and oxygen atoms in total. The van der Waals surface area contributed by atoms with E-state index in [1.807, 2.05) is 0 Å². The number of aliphatic hydroxyl groups is 1. The van der Waals surface area contributed by atoms with Gasteiger partial charge in [0.15, 0.2) is 11.6 Å². The third kappa shape index (κ3) is 1.38. The molecule has 2 N–H and O–H groups in total. The van der Waals surface area contributed by atoms with E-state index < -0.39 is 5.82 Å². The first-order valence-electron chi connectivity index (χ1n) is 3.72. The van der Waals surface area contributed by atoms with Crippen LogP contribution in [0.3, 0.4) is 0 Å². The van der Waals surface area contributed by atoms with Crippen LogP contribution in [0.15, 0.2) is 18.2 Å². The second-order valence-electron chi connectivity index (χ2n) is 2.71. The van der Waals surface area contributed by atoms with Gasteiger partial charge in [0.1, 0.15) is 0 Å². The smallest absolute Gasteiger partial charge is 0.165 e. The minimum atomic E-state index is -0.630. The van der Waals surface area contributed by atoms with E-state index in [2.05, 4.69) is 0 Å². The highest BCUT2D eigenvalue weighted by molar-refractivity contribution is 7.19. The van der Waals surface area contributed by atoms with Crippen LogP contribution in [0.25, 0.3) is 10.1 Å². The van der Waals surface area contributed by atoms with Crippen LogP contribution in [0, 0.1) is 5.82 Å². The molecule has 4 heteroatoms. The highest BCUT2D eigenvalue weighted by atomic mass is 32.1. The zero-order valence-electron chi connectivity index (χ0n) is 6.62. The Morgan fingerprint density at radius 2 is 2.08 bits per heavy atom. The van der Waals surface area contributed by atoms with E-state index in [1.54, 1.807) is 6.07 Å². The molecule has 0 spiro atoms. The first kappa shape index (κ1) is 8.47. The first-order valence-corrected chi connectivity index (χ1v) is 4.54. The first-order chi connectivity index (χ1) is 6.20. The second-order valence-corrected chi connectivity index (χ2v) is 3.88. The number of rotatable bonds is 1. The van der Waals surface area contributed by atoms with Crippen LogP contribution in [0.5, 0.6) is 5.75 Å². The zero-order valence-corrected chi connectivity index (χ0v) is 7.44. The molecule has 68 valence electrons. The van der Waals surface area contributed by atoms with Gasteiger partial charge in [-0.2, -0.15) is 0 Å². The Morgan fingerprint density at radius 1 is 1.31 bits per heavy atom. The molecular formula is C9H7FO2S. The summed E-state index contributed by atoms with van der Waals surface area (Å²) in [6.45, 7) is -0.0538. The number of benzene rings is 1. The van der Waals surface area contributed by atoms with Crippen molar-refractivity contribution in [3.63, 3.8) is 0 Å². The Hall–Kier alpha value is -1.13. The summed E-state index contributed by atoms with van der Waals surface area (Å²) in [5.74, 6) is -0.978. The van der Waals surface area contributed by atoms with Crippen LogP contribution in [0.4, 0.5) is 4.39 Å². The van der Waals surface area contributed by atoms with Gasteiger partial charge in [-0.25, -0.2) is 4.39 Å². The maximum atomic E-state index is 12.9. The van der Waals surface area contributed by atoms with Crippen molar-refractivity contribution in [2.45, 2.75) is 6.61 Å². The summed E-state index contributed by atoms with van der Waals surface area (Å²) < 4.78 is 13.6. The van der Waals surface area contributed by atoms with E-state index in [1.165, 1.54) is 23.5 Å². The number of fused-ring (bicyclic) bond motifs is 1. The molecule has 0 unspecified atom stereocenters. The molecule has 0 saturated carbocycles. The van der Waals surface area contributed by atoms with Crippen molar-refractivity contribution in [3.8, 4) is 5.75 Å². The molecule has 0 fully saturated rings. The van der Waals surface area contributed by atoms with E-state index in [0.717, 1.165) is 9.58 Å². The summed E-state index contributed by atoms with van der Waals surface area (Å²) >= 11 is 1.34. The molecule has 1 heterocycles. The SMILES string of the molecule is OCc1cc2cc(F)c(O)cc2s1. The van der Waals surface area contributed by atoms with Crippen LogP contribution in [0.2, 0.25) is 0 Å². The molecule has 0 radical (unpaired) electrons. The van der Waals surface area contributed by atoms with Gasteiger partial charge in [-0.1, -0.05) is 0 Å². The van der Waals surface area contributed by atoms with Gasteiger partial charge in [0.2, 0.25) is 0 Å². The van der Waals surface area contributed by atoms with Gasteiger partial charge in [0, 0.05) is 15.6 Å². The lowest BCUT2D eigenvalue weighted by atomic mass is 10.2. The Labute approximate surface area is 77.9 Å². The second kappa shape index (κ2) is 2.97. The summed E-state index contributed by atoms with van der Waals surface area (Å²) in [5, 5.41) is 18.6. The average Bonchev–Trinajstić information content (AvgIpc) is 2.48. The van der Waals surface area contributed by atoms with E-state index in [9.17, 15) is 4.39 Å². The van der Waals surface area contributed by atoms with Gasteiger partial charge in [-0.05, 0) is 17.5 Å². The van der Waals surface area contributed by atoms with Gasteiger partial charge >= 0.3 is 0 Å². The van der Waals surface area contributed by atoms with E-state index in [0.29, 0.717) is 5.39 Å². The molecule has 1 aromatic heterocycles. The highest BCUT2D eigenvalue weighted by Gasteiger charge is 2.06. The van der Waals surface area contributed by atoms with Crippen molar-refractivity contribution in [1.29, 1.82) is 0 Å². The van der Waals surface area contributed by atoms with E-state index >= 15 is 0 Å². The lowest BCUT2D eigenvalue weighted by Crippen LogP contribution is -1.73. The van der Waals surface area contributed by atoms with Crippen LogP contribution < -0.4 is 0 Å². The third-order valence-electron chi connectivity index (χ3n) is 1.79. The van der Waals surface area contributed by atoms with Crippen LogP contribution >= 0.6 is 11.3 Å². The van der Waals surface area contributed by atoms with Gasteiger partial charge in [0.25, 0.3) is 0 Å². The largest absolute Gasteiger partial charge is 0.505 e. The Kier molecular flexibility index (Phi) is 1.94. The number of thiophene rings is 1. The van der Waals surface area contributed by atoms with Crippen LogP contribution in [-0.2, 0) is 6.61 Å². The molecule has 2 rings (SSSR count). The fourth-order valence-electron chi connectivity index (χ4n) is 1.18. The molecule has 0 saturated heterocycles. The van der Waals surface area contributed by atoms with Gasteiger partial charge in [-0.3, -0.25) is 0 Å². The Bertz CT molecular complexity index is 411. The van der Waals surface area contributed by atoms with Crippen molar-refractivity contribution < 1.29 is 14.6 Å². The summed E-state index contributed by atoms with van der Waals surface area (Å²) in [7, 11) is 0. The number of aliphatic hydroxyl groups excluding tert-OH is 1. The van der Waals surface area contributed by atoms with Crippen LogP contribution in [-0.4, -0.2) is 10.2 Å². The number of hydrogen-bond acceptors (Lipinski definition) is 3. The molecule has 0 aliphatic heterocycles. The fourth-order valence-corrected chi connectivity index (χ4v) is 2.12. The number of phenols is 1. The monoisotopic (exact) mass is 198 g/mol. The number of phenolic OH excluding ortho intramolecular Hbond substituents is 1. The molecule has 0 amide bonds. The summed E-state index contributed by atoms with van der Waals surface area (Å²) in [5.41, 5.74) is 0. The highest BCUT2D eigenvalue weighted by Crippen LogP contribution is 2.30. The molecule has 13 heavy (non-hydrogen) atoms. The number of hydrogen-bond donors (Lipinski definition) is 2. The molecule has 1 aromatic carbocycles. The summed E-state index contributed by atoms with van der Waals surface area (Å²) in [6.07, 6.45) is 0. The van der Waals surface area contributed by atoms with Gasteiger partial charge in [-0.15, -0.1) is 11.3 Å². The zero-order chi connectivity index (χ0) is 9.42. The fraction of sp³-hybridized carbons (Fsp3) is 0.111. The topological polar surface area (TPSA) is 40.5 Å². The van der Waals surface area contributed by atoms with Gasteiger partial charge in [0.05, 0.1) is 6.61 Å². The summed E-state index contributed by atoms with van der Waals surface area (Å²) in [4.78, 5) is 0.764. The normalized spacial score (nSPS) is 10.9. The van der Waals surface area contributed by atoms with Crippen molar-refractivity contribution in [3.05, 3.63) is 28.9 Å². The molecular weight excluding hydrogens is 191 g/mol. The maximum Gasteiger partial charge on any atom is 0.165 e. The van der Waals surface area contributed by atoms with Crippen LogP contribution in [0.1, 0.15) is 4.88 Å². The Balaban J connectivity index is 2.70. The van der Waals surface area contributed by atoms with E-state index in [4.69, 9.17) is 10.2 Å². The molecule has 2 aromatic rings. The Morgan fingerprint density at radius 3 is 2.77 bits per heavy atom. The van der Waals surface area contributed by atoms with Gasteiger partial charge < -0.3 is 10.2 Å². The minimum Gasteiger partial charge on any atom is -0.505 e. The van der Waals surface area contributed by atoms with Crippen molar-refractivity contribution in [2.24, 2.45) is 0 Å². The number of halogens is 1. The lowest BCUT2D eigenvalue weighted by Gasteiger charge is -1.93. The lowest BCUT2D eigenvalue weighted by molar-refractivity contribution is 0.285. The predicted molar refractivity (Wildman–Crippen MR) is 49.4 cm³/mol. The average molecular weight is 198 g/mol. The third-order valence-corrected chi connectivity index (χ3v) is 2.88. The van der Waals surface area contributed by atoms with Crippen molar-refractivity contribution in [2.75, 3.05) is 0 Å². The maximum absolute atomic E-state index is 12.9. The van der Waals surface area contributed by atoms with E-state index in [-0.39, 0.29) is 12.4 Å². The minimum absolute atomic E-state index is 0.0538. The molecule has 0 bridgehead atoms. The number of aromatic hydroxyl groups is 1. The standard InChI is InChI=1S/C9H7FO2S/c10-7-2-5-1-6(4-11)13-9(5)3-8(7)12/h1-3,11-12H,4H2. The van der Waals surface area contributed by atoms with Crippen molar-refractivity contribution >= 4 is 21.4 Å². The summed E-state index contributed by atoms with van der Waals surface area (Å²) in [6, 6.07) is 4.34. The molecule has 0 aliphatic rings. The van der Waals surface area contributed by atoms with Crippen molar-refractivity contribution in [1.82, 2.24) is 0 Å². The molecule has 0 aliphatic carbocycles. The molecule has 0 atom stereocenters.